The van der Waals surface area contributed by atoms with Crippen molar-refractivity contribution in [3.05, 3.63) is 90.0 Å². The molecule has 0 bridgehead atoms. The quantitative estimate of drug-likeness (QED) is 0.293. The molecule has 3 aromatic carbocycles. The zero-order chi connectivity index (χ0) is 21.2. The molecule has 0 heterocycles. The minimum Gasteiger partial charge on any atom is -0.491 e. The molecule has 0 unspecified atom stereocenters. The molecule has 0 saturated heterocycles. The van der Waals surface area contributed by atoms with Crippen LogP contribution in [0.25, 0.3) is 11.1 Å². The van der Waals surface area contributed by atoms with Crippen LogP contribution in [0.5, 0.6) is 5.75 Å². The predicted octanol–water partition coefficient (Wildman–Crippen LogP) is 8.44. The molecule has 2 atom stereocenters. The molecule has 0 aliphatic rings. The van der Waals surface area contributed by atoms with E-state index in [0.29, 0.717) is 5.92 Å². The summed E-state index contributed by atoms with van der Waals surface area (Å²) < 4.78 is 6.09. The Morgan fingerprint density at radius 1 is 0.700 bits per heavy atom. The highest BCUT2D eigenvalue weighted by atomic mass is 16.5. The third-order valence-electron chi connectivity index (χ3n) is 5.85. The SMILES string of the molecule is CCCCCC[C@@H](C)Oc1ccc(-c2ccc(C[C@H](C)c3ccccc3)cc2)cc1. The number of ether oxygens (including phenoxy) is 1. The van der Waals surface area contributed by atoms with E-state index in [0.717, 1.165) is 18.6 Å². The minimum atomic E-state index is 0.276. The van der Waals surface area contributed by atoms with Gasteiger partial charge in [0.1, 0.15) is 5.75 Å². The van der Waals surface area contributed by atoms with E-state index >= 15 is 0 Å². The van der Waals surface area contributed by atoms with Gasteiger partial charge in [0.25, 0.3) is 0 Å². The van der Waals surface area contributed by atoms with Gasteiger partial charge in [-0.05, 0) is 66.5 Å². The van der Waals surface area contributed by atoms with Gasteiger partial charge < -0.3 is 4.74 Å². The van der Waals surface area contributed by atoms with E-state index in [-0.39, 0.29) is 6.10 Å². The fourth-order valence-corrected chi connectivity index (χ4v) is 3.96. The van der Waals surface area contributed by atoms with Crippen molar-refractivity contribution in [2.24, 2.45) is 0 Å². The zero-order valence-corrected chi connectivity index (χ0v) is 18.8. The van der Waals surface area contributed by atoms with Gasteiger partial charge in [-0.25, -0.2) is 0 Å². The number of rotatable bonds is 11. The fourth-order valence-electron chi connectivity index (χ4n) is 3.96. The van der Waals surface area contributed by atoms with E-state index in [9.17, 15) is 0 Å². The second-order valence-corrected chi connectivity index (χ2v) is 8.51. The summed E-state index contributed by atoms with van der Waals surface area (Å²) in [5.41, 5.74) is 5.27. The highest BCUT2D eigenvalue weighted by Crippen LogP contribution is 2.26. The van der Waals surface area contributed by atoms with Crippen molar-refractivity contribution in [2.75, 3.05) is 0 Å². The highest BCUT2D eigenvalue weighted by Gasteiger charge is 2.08. The van der Waals surface area contributed by atoms with Gasteiger partial charge in [-0.15, -0.1) is 0 Å². The first kappa shape index (κ1) is 22.2. The lowest BCUT2D eigenvalue weighted by Crippen LogP contribution is -2.11. The summed E-state index contributed by atoms with van der Waals surface area (Å²) in [6.45, 7) is 6.72. The summed E-state index contributed by atoms with van der Waals surface area (Å²) in [5.74, 6) is 1.49. The van der Waals surface area contributed by atoms with Crippen LogP contribution in [0.2, 0.25) is 0 Å². The van der Waals surface area contributed by atoms with Gasteiger partial charge in [0, 0.05) is 0 Å². The van der Waals surface area contributed by atoms with Crippen molar-refractivity contribution in [1.29, 1.82) is 0 Å². The lowest BCUT2D eigenvalue weighted by Gasteiger charge is -2.15. The van der Waals surface area contributed by atoms with E-state index in [4.69, 9.17) is 4.74 Å². The Hall–Kier alpha value is -2.54. The van der Waals surface area contributed by atoms with Crippen LogP contribution in [0.4, 0.5) is 0 Å². The van der Waals surface area contributed by atoms with Gasteiger partial charge >= 0.3 is 0 Å². The molecule has 30 heavy (non-hydrogen) atoms. The first-order valence-corrected chi connectivity index (χ1v) is 11.6. The van der Waals surface area contributed by atoms with E-state index in [1.54, 1.807) is 0 Å². The molecule has 0 fully saturated rings. The topological polar surface area (TPSA) is 9.23 Å². The number of hydrogen-bond acceptors (Lipinski definition) is 1. The molecule has 1 nitrogen and oxygen atoms in total. The summed E-state index contributed by atoms with van der Waals surface area (Å²) in [6, 6.07) is 28.3. The number of benzene rings is 3. The molecule has 0 N–H and O–H groups in total. The van der Waals surface area contributed by atoms with Crippen LogP contribution in [0.15, 0.2) is 78.9 Å². The van der Waals surface area contributed by atoms with Crippen molar-refractivity contribution >= 4 is 0 Å². The molecule has 0 radical (unpaired) electrons. The van der Waals surface area contributed by atoms with Crippen LogP contribution in [0.3, 0.4) is 0 Å². The Morgan fingerprint density at radius 3 is 1.97 bits per heavy atom. The van der Waals surface area contributed by atoms with E-state index < -0.39 is 0 Å². The summed E-state index contributed by atoms with van der Waals surface area (Å²) in [6.07, 6.45) is 7.64. The Kier molecular flexibility index (Phi) is 8.56. The van der Waals surface area contributed by atoms with Crippen molar-refractivity contribution in [1.82, 2.24) is 0 Å². The molecule has 0 amide bonds. The van der Waals surface area contributed by atoms with Gasteiger partial charge in [0.15, 0.2) is 0 Å². The van der Waals surface area contributed by atoms with Gasteiger partial charge in [-0.1, -0.05) is 99.8 Å². The zero-order valence-electron chi connectivity index (χ0n) is 18.8. The molecular weight excluding hydrogens is 364 g/mol. The maximum absolute atomic E-state index is 6.09. The lowest BCUT2D eigenvalue weighted by atomic mass is 9.93. The van der Waals surface area contributed by atoms with Crippen molar-refractivity contribution < 1.29 is 4.74 Å². The Morgan fingerprint density at radius 2 is 1.33 bits per heavy atom. The third kappa shape index (κ3) is 6.76. The first-order chi connectivity index (χ1) is 14.7. The van der Waals surface area contributed by atoms with Crippen LogP contribution >= 0.6 is 0 Å². The van der Waals surface area contributed by atoms with Crippen LogP contribution in [-0.4, -0.2) is 6.10 Å². The Labute approximate surface area is 183 Å². The monoisotopic (exact) mass is 400 g/mol. The van der Waals surface area contributed by atoms with Gasteiger partial charge in [0.05, 0.1) is 6.10 Å². The molecule has 0 saturated carbocycles. The van der Waals surface area contributed by atoms with E-state index in [1.165, 1.54) is 47.9 Å². The van der Waals surface area contributed by atoms with Crippen molar-refractivity contribution in [2.45, 2.75) is 71.3 Å². The Bertz CT molecular complexity index is 849. The van der Waals surface area contributed by atoms with Gasteiger partial charge in [-0.3, -0.25) is 0 Å². The second kappa shape index (κ2) is 11.6. The van der Waals surface area contributed by atoms with Crippen LogP contribution in [0, 0.1) is 0 Å². The summed E-state index contributed by atoms with van der Waals surface area (Å²) in [7, 11) is 0. The van der Waals surface area contributed by atoms with Gasteiger partial charge in [0.2, 0.25) is 0 Å². The molecule has 158 valence electrons. The molecular formula is C29H36O. The maximum atomic E-state index is 6.09. The molecule has 0 aliphatic heterocycles. The van der Waals surface area contributed by atoms with Crippen molar-refractivity contribution in [3.63, 3.8) is 0 Å². The molecule has 3 aromatic rings. The minimum absolute atomic E-state index is 0.276. The number of hydrogen-bond donors (Lipinski definition) is 0. The first-order valence-electron chi connectivity index (χ1n) is 11.6. The second-order valence-electron chi connectivity index (χ2n) is 8.51. The molecule has 1 heteroatoms. The largest absolute Gasteiger partial charge is 0.491 e. The van der Waals surface area contributed by atoms with E-state index in [1.807, 2.05) is 0 Å². The lowest BCUT2D eigenvalue weighted by molar-refractivity contribution is 0.206. The smallest absolute Gasteiger partial charge is 0.119 e. The normalized spacial score (nSPS) is 13.0. The van der Waals surface area contributed by atoms with Gasteiger partial charge in [-0.2, -0.15) is 0 Å². The highest BCUT2D eigenvalue weighted by molar-refractivity contribution is 5.64. The summed E-state index contributed by atoms with van der Waals surface area (Å²) in [4.78, 5) is 0. The van der Waals surface area contributed by atoms with Crippen molar-refractivity contribution in [3.8, 4) is 16.9 Å². The molecule has 0 aliphatic carbocycles. The molecule has 0 aromatic heterocycles. The summed E-state index contributed by atoms with van der Waals surface area (Å²) in [5, 5.41) is 0. The van der Waals surface area contributed by atoms with Crippen LogP contribution in [-0.2, 0) is 6.42 Å². The third-order valence-corrected chi connectivity index (χ3v) is 5.85. The van der Waals surface area contributed by atoms with E-state index in [2.05, 4.69) is 99.6 Å². The number of unbranched alkanes of at least 4 members (excludes halogenated alkanes) is 3. The maximum Gasteiger partial charge on any atom is 0.119 e. The molecule has 0 spiro atoms. The average Bonchev–Trinajstić information content (AvgIpc) is 2.78. The van der Waals surface area contributed by atoms with Crippen LogP contribution in [0.1, 0.15) is 69.9 Å². The fraction of sp³-hybridized carbons (Fsp3) is 0.379. The van der Waals surface area contributed by atoms with Crippen LogP contribution < -0.4 is 4.74 Å². The summed E-state index contributed by atoms with van der Waals surface area (Å²) >= 11 is 0. The molecule has 3 rings (SSSR count). The Balaban J connectivity index is 1.53. The average molecular weight is 401 g/mol. The standard InChI is InChI=1S/C29H36O/c1-4-5-6-8-11-24(3)30-29-20-18-28(19-21-29)27-16-14-25(15-17-27)22-23(2)26-12-9-7-10-13-26/h7,9-10,12-21,23-24H,4-6,8,11,22H2,1-3H3/t23-,24+/m0/s1. The predicted molar refractivity (Wildman–Crippen MR) is 129 cm³/mol.